The lowest BCUT2D eigenvalue weighted by atomic mass is 10.8. The van der Waals surface area contributed by atoms with Crippen LogP contribution in [0.15, 0.2) is 10.2 Å². The van der Waals surface area contributed by atoms with Gasteiger partial charge in [0.1, 0.15) is 0 Å². The first-order valence-electron chi connectivity index (χ1n) is 1.58. The van der Waals surface area contributed by atoms with E-state index in [1.165, 1.54) is 0 Å². The summed E-state index contributed by atoms with van der Waals surface area (Å²) in [6, 6.07) is 0. The lowest BCUT2D eigenvalue weighted by Crippen LogP contribution is -1.88. The molecule has 1 atom stereocenters. The van der Waals surface area contributed by atoms with E-state index in [0.29, 0.717) is 0 Å². The van der Waals surface area contributed by atoms with Crippen LogP contribution in [0.25, 0.3) is 0 Å². The molecule has 0 rings (SSSR count). The minimum atomic E-state index is -1.91. The lowest BCUT2D eigenvalue weighted by molar-refractivity contribution is 0.540. The molecule has 0 amide bonds. The van der Waals surface area contributed by atoms with Crippen molar-refractivity contribution in [1.82, 2.24) is 0 Å². The second kappa shape index (κ2) is 4.73. The molecule has 0 aliphatic heterocycles. The van der Waals surface area contributed by atoms with Gasteiger partial charge in [-0.05, 0) is 4.08 Å². The monoisotopic (exact) mass is 231 g/mol. The lowest BCUT2D eigenvalue weighted by Gasteiger charge is -1.95. The molecule has 0 aromatic carbocycles. The summed E-state index contributed by atoms with van der Waals surface area (Å²) < 4.78 is 21.1. The molecule has 0 spiro atoms. The summed E-state index contributed by atoms with van der Waals surface area (Å²) in [7, 11) is 0. The molecule has 0 bridgehead atoms. The molecule has 0 aliphatic rings. The Morgan fingerprint density at radius 1 is 1.86 bits per heavy atom. The molecule has 0 N–H and O–H groups in total. The summed E-state index contributed by atoms with van der Waals surface area (Å²) in [4.78, 5) is 0. The van der Waals surface area contributed by atoms with Gasteiger partial charge in [0.2, 0.25) is 0 Å². The zero-order valence-electron chi connectivity index (χ0n) is 3.46. The first-order chi connectivity index (χ1) is 3.27. The van der Waals surface area contributed by atoms with E-state index in [1.54, 1.807) is 10.2 Å². The van der Waals surface area contributed by atoms with Crippen molar-refractivity contribution >= 4 is 33.7 Å². The Morgan fingerprint density at radius 3 is 2.57 bits per heavy atom. The molecule has 2 nitrogen and oxygen atoms in total. The largest absolute Gasteiger partial charge is 0.772 e. The fourth-order valence-electron chi connectivity index (χ4n) is 0.115. The van der Waals surface area contributed by atoms with E-state index in [0.717, 1.165) is 0 Å². The zero-order chi connectivity index (χ0) is 5.70. The molecule has 0 radical (unpaired) electrons. The molecule has 0 saturated heterocycles. The standard InChI is InChI=1S/C3H5IO2S/c4-2-1-3-7(5)6/h1-2H,3H2,(H,5,6)/p-1. The third-order valence-corrected chi connectivity index (χ3v) is 1.29. The van der Waals surface area contributed by atoms with Gasteiger partial charge in [0, 0.05) is 5.75 Å². The van der Waals surface area contributed by atoms with Crippen molar-refractivity contribution in [2.45, 2.75) is 0 Å². The third-order valence-electron chi connectivity index (χ3n) is 0.321. The molecular weight excluding hydrogens is 227 g/mol. The van der Waals surface area contributed by atoms with Crippen molar-refractivity contribution < 1.29 is 8.76 Å². The van der Waals surface area contributed by atoms with E-state index >= 15 is 0 Å². The van der Waals surface area contributed by atoms with Gasteiger partial charge in [0.15, 0.2) is 0 Å². The highest BCUT2D eigenvalue weighted by molar-refractivity contribution is 14.1. The summed E-state index contributed by atoms with van der Waals surface area (Å²) >= 11 is 0.0598. The Bertz CT molecular complexity index is 90.9. The van der Waals surface area contributed by atoms with Crippen LogP contribution in [-0.2, 0) is 11.1 Å². The van der Waals surface area contributed by atoms with E-state index in [4.69, 9.17) is 0 Å². The first-order valence-corrected chi connectivity index (χ1v) is 4.07. The van der Waals surface area contributed by atoms with Crippen molar-refractivity contribution in [2.75, 3.05) is 5.75 Å². The summed E-state index contributed by atoms with van der Waals surface area (Å²) in [6.07, 6.45) is 1.57. The zero-order valence-corrected chi connectivity index (χ0v) is 6.44. The van der Waals surface area contributed by atoms with E-state index in [-0.39, 0.29) is 5.75 Å². The Labute approximate surface area is 58.4 Å². The highest BCUT2D eigenvalue weighted by atomic mass is 127. The van der Waals surface area contributed by atoms with Gasteiger partial charge in [0.05, 0.1) is 0 Å². The van der Waals surface area contributed by atoms with Crippen LogP contribution in [0.1, 0.15) is 0 Å². The number of hydrogen-bond acceptors (Lipinski definition) is 2. The topological polar surface area (TPSA) is 40.1 Å². The molecule has 0 aromatic rings. The molecule has 42 valence electrons. The normalized spacial score (nSPS) is 15.1. The van der Waals surface area contributed by atoms with E-state index in [1.807, 2.05) is 22.6 Å². The van der Waals surface area contributed by atoms with Gasteiger partial charge >= 0.3 is 0 Å². The van der Waals surface area contributed by atoms with E-state index in [9.17, 15) is 8.76 Å². The average molecular weight is 231 g/mol. The van der Waals surface area contributed by atoms with Crippen molar-refractivity contribution in [2.24, 2.45) is 0 Å². The fraction of sp³-hybridized carbons (Fsp3) is 0.333. The van der Waals surface area contributed by atoms with Gasteiger partial charge in [0.25, 0.3) is 0 Å². The van der Waals surface area contributed by atoms with Gasteiger partial charge in [-0.1, -0.05) is 39.7 Å². The number of halogens is 1. The molecule has 0 aliphatic carbocycles. The third kappa shape index (κ3) is 6.58. The van der Waals surface area contributed by atoms with Crippen LogP contribution in [0.2, 0.25) is 0 Å². The maximum absolute atomic E-state index is 9.70. The first kappa shape index (κ1) is 7.58. The minimum Gasteiger partial charge on any atom is -0.772 e. The van der Waals surface area contributed by atoms with E-state index in [2.05, 4.69) is 0 Å². The van der Waals surface area contributed by atoms with Crippen molar-refractivity contribution in [1.29, 1.82) is 0 Å². The second-order valence-corrected chi connectivity index (χ2v) is 2.49. The smallest absolute Gasteiger partial charge is 0.0289 e. The van der Waals surface area contributed by atoms with Crippen molar-refractivity contribution in [3.05, 3.63) is 10.2 Å². The molecule has 0 fully saturated rings. The van der Waals surface area contributed by atoms with Gasteiger partial charge in [-0.25, -0.2) is 0 Å². The molecule has 7 heavy (non-hydrogen) atoms. The fourth-order valence-corrected chi connectivity index (χ4v) is 0.968. The molecule has 0 saturated carbocycles. The van der Waals surface area contributed by atoms with Crippen LogP contribution in [0, 0.1) is 0 Å². The van der Waals surface area contributed by atoms with Gasteiger partial charge < -0.3 is 4.55 Å². The quantitative estimate of drug-likeness (QED) is 0.521. The Hall–Kier alpha value is 0.580. The summed E-state index contributed by atoms with van der Waals surface area (Å²) in [6.45, 7) is 0. The van der Waals surface area contributed by atoms with Crippen LogP contribution >= 0.6 is 22.6 Å². The highest BCUT2D eigenvalue weighted by Gasteiger charge is 1.70. The van der Waals surface area contributed by atoms with Crippen molar-refractivity contribution in [3.63, 3.8) is 0 Å². The van der Waals surface area contributed by atoms with Crippen LogP contribution in [-0.4, -0.2) is 14.5 Å². The maximum atomic E-state index is 9.70. The maximum Gasteiger partial charge on any atom is 0.0289 e. The van der Waals surface area contributed by atoms with Crippen LogP contribution in [0.3, 0.4) is 0 Å². The van der Waals surface area contributed by atoms with Crippen LogP contribution in [0.5, 0.6) is 0 Å². The average Bonchev–Trinajstić information content (AvgIpc) is 1.61. The van der Waals surface area contributed by atoms with Gasteiger partial charge in [-0.2, -0.15) is 0 Å². The minimum absolute atomic E-state index is 0.128. The summed E-state index contributed by atoms with van der Waals surface area (Å²) in [5.41, 5.74) is 0. The van der Waals surface area contributed by atoms with Crippen LogP contribution in [0.4, 0.5) is 0 Å². The highest BCUT2D eigenvalue weighted by Crippen LogP contribution is 1.83. The van der Waals surface area contributed by atoms with Crippen LogP contribution < -0.4 is 0 Å². The second-order valence-electron chi connectivity index (χ2n) is 0.832. The predicted octanol–water partition coefficient (Wildman–Crippen LogP) is 0.814. The molecular formula is C3H4IO2S-. The summed E-state index contributed by atoms with van der Waals surface area (Å²) in [5.74, 6) is 0.128. The molecule has 4 heteroatoms. The number of hydrogen-bond donors (Lipinski definition) is 0. The van der Waals surface area contributed by atoms with Crippen molar-refractivity contribution in [3.8, 4) is 0 Å². The Kier molecular flexibility index (Phi) is 5.12. The SMILES string of the molecule is O=S([O-])CC=CI. The number of rotatable bonds is 2. The Balaban J connectivity index is 3.14. The molecule has 0 heterocycles. The molecule has 1 unspecified atom stereocenters. The molecule has 0 aromatic heterocycles. The predicted molar refractivity (Wildman–Crippen MR) is 36.9 cm³/mol. The van der Waals surface area contributed by atoms with Gasteiger partial charge in [-0.3, -0.25) is 4.21 Å². The Morgan fingerprint density at radius 2 is 2.43 bits per heavy atom. The van der Waals surface area contributed by atoms with Gasteiger partial charge in [-0.15, -0.1) is 0 Å². The van der Waals surface area contributed by atoms with E-state index < -0.39 is 11.1 Å². The summed E-state index contributed by atoms with van der Waals surface area (Å²) in [5, 5.41) is 0.